The molecule has 8 nitrogen and oxygen atoms in total. The maximum absolute atomic E-state index is 13.1. The number of nitrogens with one attached hydrogen (secondary N) is 3. The van der Waals surface area contributed by atoms with Gasteiger partial charge in [0, 0.05) is 22.9 Å². The van der Waals surface area contributed by atoms with E-state index in [9.17, 15) is 18.0 Å². The molecule has 0 bridgehead atoms. The number of benzene rings is 2. The molecule has 0 saturated heterocycles. The molecule has 2 aromatic carbocycles. The Kier molecular flexibility index (Phi) is 6.06. The van der Waals surface area contributed by atoms with Crippen molar-refractivity contribution in [3.05, 3.63) is 71.0 Å². The number of fused-ring (bicyclic) bond motifs is 1. The number of thiazole rings is 1. The summed E-state index contributed by atoms with van der Waals surface area (Å²) in [4.78, 5) is 19.4. The minimum Gasteiger partial charge on any atom is -0.320 e. The van der Waals surface area contributed by atoms with Gasteiger partial charge < -0.3 is 10.2 Å². The van der Waals surface area contributed by atoms with Crippen LogP contribution in [0.3, 0.4) is 0 Å². The Labute approximate surface area is 207 Å². The maximum atomic E-state index is 13.1. The molecule has 12 heteroatoms. The molecule has 0 saturated carbocycles. The molecular weight excluding hydrogens is 491 g/mol. The van der Waals surface area contributed by atoms with Gasteiger partial charge in [-0.1, -0.05) is 18.2 Å². The Morgan fingerprint density at radius 3 is 2.72 bits per heavy atom. The van der Waals surface area contributed by atoms with Gasteiger partial charge in [-0.2, -0.15) is 23.4 Å². The third-order valence-electron chi connectivity index (χ3n) is 5.40. The van der Waals surface area contributed by atoms with Gasteiger partial charge in [-0.15, -0.1) is 11.3 Å². The largest absolute Gasteiger partial charge is 0.435 e. The molecular formula is C24H20F3N7OS. The predicted octanol–water partition coefficient (Wildman–Crippen LogP) is 5.41. The molecule has 0 spiro atoms. The highest BCUT2D eigenvalue weighted by Crippen LogP contribution is 2.34. The quantitative estimate of drug-likeness (QED) is 0.283. The van der Waals surface area contributed by atoms with Crippen molar-refractivity contribution >= 4 is 33.8 Å². The number of amides is 1. The van der Waals surface area contributed by atoms with Gasteiger partial charge in [0.15, 0.2) is 5.69 Å². The summed E-state index contributed by atoms with van der Waals surface area (Å²) < 4.78 is 38.6. The van der Waals surface area contributed by atoms with E-state index in [1.54, 1.807) is 12.3 Å². The second-order valence-electron chi connectivity index (χ2n) is 8.45. The number of H-pyrrole nitrogens is 2. The van der Waals surface area contributed by atoms with Crippen LogP contribution in [0.4, 0.5) is 18.9 Å². The van der Waals surface area contributed by atoms with Gasteiger partial charge in [0.25, 0.3) is 5.91 Å². The number of halogens is 3. The van der Waals surface area contributed by atoms with Gasteiger partial charge in [0.05, 0.1) is 23.1 Å². The van der Waals surface area contributed by atoms with E-state index < -0.39 is 17.8 Å². The number of aromatic nitrogens is 5. The molecule has 5 aromatic rings. The van der Waals surface area contributed by atoms with E-state index in [-0.39, 0.29) is 16.4 Å². The number of anilines is 1. The fraction of sp³-hybridized carbons (Fsp3) is 0.167. The van der Waals surface area contributed by atoms with Crippen LogP contribution in [0.5, 0.6) is 0 Å². The molecule has 3 aromatic heterocycles. The van der Waals surface area contributed by atoms with Crippen LogP contribution in [0.2, 0.25) is 0 Å². The zero-order valence-corrected chi connectivity index (χ0v) is 20.0. The van der Waals surface area contributed by atoms with Gasteiger partial charge in [-0.05, 0) is 49.5 Å². The molecule has 36 heavy (non-hydrogen) atoms. The summed E-state index contributed by atoms with van der Waals surface area (Å²) in [5.74, 6) is -0.488. The highest BCUT2D eigenvalue weighted by atomic mass is 32.1. The number of aromatic amines is 2. The van der Waals surface area contributed by atoms with Crippen molar-refractivity contribution in [2.24, 2.45) is 0 Å². The van der Waals surface area contributed by atoms with Crippen LogP contribution in [0, 0.1) is 0 Å². The summed E-state index contributed by atoms with van der Waals surface area (Å²) in [7, 11) is 3.98. The second kappa shape index (κ2) is 9.21. The van der Waals surface area contributed by atoms with E-state index in [1.807, 2.05) is 38.4 Å². The number of carbonyl (C=O) groups excluding carboxylic acids is 1. The van der Waals surface area contributed by atoms with Gasteiger partial charge in [0.2, 0.25) is 0 Å². The lowest BCUT2D eigenvalue weighted by Crippen LogP contribution is -2.13. The summed E-state index contributed by atoms with van der Waals surface area (Å²) in [5.41, 5.74) is 3.25. The lowest BCUT2D eigenvalue weighted by molar-refractivity contribution is -0.141. The van der Waals surface area contributed by atoms with E-state index >= 15 is 0 Å². The van der Waals surface area contributed by atoms with Crippen LogP contribution in [0.1, 0.15) is 21.7 Å². The zero-order chi connectivity index (χ0) is 25.4. The monoisotopic (exact) mass is 511 g/mol. The molecule has 184 valence electrons. The molecule has 0 fully saturated rings. The van der Waals surface area contributed by atoms with Crippen LogP contribution in [0.15, 0.2) is 54.0 Å². The van der Waals surface area contributed by atoms with E-state index in [0.29, 0.717) is 5.69 Å². The third-order valence-corrected chi connectivity index (χ3v) is 6.27. The first-order chi connectivity index (χ1) is 17.2. The summed E-state index contributed by atoms with van der Waals surface area (Å²) in [6.45, 7) is 0.759. The van der Waals surface area contributed by atoms with Crippen molar-refractivity contribution in [3.63, 3.8) is 0 Å². The fourth-order valence-electron chi connectivity index (χ4n) is 3.80. The molecule has 0 aliphatic heterocycles. The maximum Gasteiger partial charge on any atom is 0.435 e. The molecule has 3 N–H and O–H groups in total. The SMILES string of the molecule is CN(C)Cc1cccc(-c2cc3cn[nH]c3cc2NC(=O)c2csc(-c3cc(C(F)(F)F)n[nH]3)n2)c1. The second-order valence-corrected chi connectivity index (χ2v) is 9.31. The van der Waals surface area contributed by atoms with E-state index in [0.717, 1.165) is 51.5 Å². The van der Waals surface area contributed by atoms with Crippen LogP contribution < -0.4 is 5.32 Å². The zero-order valence-electron chi connectivity index (χ0n) is 19.1. The van der Waals surface area contributed by atoms with Crippen LogP contribution in [-0.4, -0.2) is 50.3 Å². The van der Waals surface area contributed by atoms with Crippen molar-refractivity contribution in [1.82, 2.24) is 30.3 Å². The van der Waals surface area contributed by atoms with Crippen LogP contribution in [-0.2, 0) is 12.7 Å². The lowest BCUT2D eigenvalue weighted by Gasteiger charge is -2.14. The fourth-order valence-corrected chi connectivity index (χ4v) is 4.57. The number of alkyl halides is 3. The number of hydrogen-bond acceptors (Lipinski definition) is 6. The van der Waals surface area contributed by atoms with Crippen LogP contribution >= 0.6 is 11.3 Å². The number of rotatable bonds is 6. The van der Waals surface area contributed by atoms with E-state index in [1.165, 1.54) is 5.38 Å². The lowest BCUT2D eigenvalue weighted by atomic mass is 9.99. The Hall–Kier alpha value is -4.03. The Balaban J connectivity index is 1.46. The Bertz CT molecular complexity index is 1550. The topological polar surface area (TPSA) is 103 Å². The Morgan fingerprint density at radius 1 is 1.14 bits per heavy atom. The van der Waals surface area contributed by atoms with Crippen molar-refractivity contribution in [2.75, 3.05) is 19.4 Å². The molecule has 0 atom stereocenters. The predicted molar refractivity (Wildman–Crippen MR) is 132 cm³/mol. The molecule has 5 rings (SSSR count). The molecule has 0 aliphatic rings. The average Bonchev–Trinajstić information content (AvgIpc) is 3.57. The Morgan fingerprint density at radius 2 is 1.97 bits per heavy atom. The first-order valence-corrected chi connectivity index (χ1v) is 11.7. The average molecular weight is 512 g/mol. The van der Waals surface area contributed by atoms with Crippen molar-refractivity contribution in [2.45, 2.75) is 12.7 Å². The van der Waals surface area contributed by atoms with Gasteiger partial charge >= 0.3 is 6.18 Å². The summed E-state index contributed by atoms with van der Waals surface area (Å²) >= 11 is 1.05. The van der Waals surface area contributed by atoms with E-state index in [4.69, 9.17) is 0 Å². The van der Waals surface area contributed by atoms with Gasteiger partial charge in [0.1, 0.15) is 10.7 Å². The first kappa shape index (κ1) is 23.7. The molecule has 1 amide bonds. The van der Waals surface area contributed by atoms with Crippen molar-refractivity contribution in [3.8, 4) is 21.8 Å². The number of hydrogen-bond donors (Lipinski definition) is 3. The van der Waals surface area contributed by atoms with Gasteiger partial charge in [-0.3, -0.25) is 15.0 Å². The highest BCUT2D eigenvalue weighted by Gasteiger charge is 2.34. The molecule has 0 radical (unpaired) electrons. The van der Waals surface area contributed by atoms with Crippen LogP contribution in [0.25, 0.3) is 32.7 Å². The van der Waals surface area contributed by atoms with Crippen molar-refractivity contribution < 1.29 is 18.0 Å². The van der Waals surface area contributed by atoms with Gasteiger partial charge in [-0.25, -0.2) is 4.98 Å². The smallest absolute Gasteiger partial charge is 0.320 e. The molecule has 0 aliphatic carbocycles. The van der Waals surface area contributed by atoms with Crippen molar-refractivity contribution in [1.29, 1.82) is 0 Å². The summed E-state index contributed by atoms with van der Waals surface area (Å²) in [6.07, 6.45) is -2.86. The highest BCUT2D eigenvalue weighted by molar-refractivity contribution is 7.13. The molecule has 3 heterocycles. The normalized spacial score (nSPS) is 11.9. The summed E-state index contributed by atoms with van der Waals surface area (Å²) in [5, 5.41) is 18.1. The molecule has 0 unspecified atom stereocenters. The number of carbonyl (C=O) groups is 1. The minimum atomic E-state index is -4.57. The first-order valence-electron chi connectivity index (χ1n) is 10.8. The minimum absolute atomic E-state index is 0.0789. The summed E-state index contributed by atoms with van der Waals surface area (Å²) in [6, 6.07) is 12.6. The van der Waals surface area contributed by atoms with E-state index in [2.05, 4.69) is 41.7 Å². The number of nitrogens with zero attached hydrogens (tertiary/aromatic N) is 4. The third kappa shape index (κ3) is 4.86. The standard InChI is InChI=1S/C24H20F3N7OS/c1-34(2)11-13-4-3-5-14(6-13)16-7-15-10-28-31-17(15)8-18(16)29-22(35)20-12-36-23(30-20)19-9-21(33-32-19)24(25,26)27/h3-10,12H,11H2,1-2H3,(H,28,31)(H,29,35)(H,32,33).